The second kappa shape index (κ2) is 14.1. The van der Waals surface area contributed by atoms with Crippen molar-refractivity contribution in [3.05, 3.63) is 83.7 Å². The summed E-state index contributed by atoms with van der Waals surface area (Å²) < 4.78 is 1.90. The van der Waals surface area contributed by atoms with Crippen molar-refractivity contribution in [2.75, 3.05) is 19.6 Å². The van der Waals surface area contributed by atoms with Crippen molar-refractivity contribution in [1.82, 2.24) is 25.7 Å². The number of nitrogens with zero attached hydrogens (tertiary/aromatic N) is 3. The van der Waals surface area contributed by atoms with E-state index >= 15 is 0 Å². The van der Waals surface area contributed by atoms with Gasteiger partial charge in [0, 0.05) is 37.6 Å². The smallest absolute Gasteiger partial charge is 0.251 e. The fourth-order valence-electron chi connectivity index (χ4n) is 3.19. The van der Waals surface area contributed by atoms with Crippen molar-refractivity contribution in [3.8, 4) is 5.75 Å². The minimum absolute atomic E-state index is 0. The Hall–Kier alpha value is -3.08. The normalized spacial score (nSPS) is 10.9. The van der Waals surface area contributed by atoms with Crippen LogP contribution in [0.2, 0.25) is 0 Å². The second-order valence-corrected chi connectivity index (χ2v) is 7.25. The van der Waals surface area contributed by atoms with E-state index in [1.54, 1.807) is 18.3 Å². The maximum atomic E-state index is 12.1. The molecule has 0 aliphatic rings. The second-order valence-electron chi connectivity index (χ2n) is 7.25. The summed E-state index contributed by atoms with van der Waals surface area (Å²) in [6.07, 6.45) is 4.47. The number of phenolic OH excluding ortho intramolecular Hbond substituents is 1. The van der Waals surface area contributed by atoms with Crippen LogP contribution in [0.25, 0.3) is 0 Å². The number of carbonyl (C=O) groups excluding carboxylic acids is 1. The van der Waals surface area contributed by atoms with Crippen LogP contribution in [0, 0.1) is 0 Å². The van der Waals surface area contributed by atoms with Gasteiger partial charge in [0.2, 0.25) is 0 Å². The van der Waals surface area contributed by atoms with E-state index in [1.807, 2.05) is 36.0 Å². The standard InChI is InChI=1S/C24H30N6O2.HI/c1-2-25-24(27-13-6-12-26-23(32)19-10-5-11-22(31)16-19)28-17-20-8-3-4-9-21(20)18-30-15-7-14-29-30;/h3-5,7-11,14-16,31H,2,6,12-13,17-18H2,1H3,(H,26,32)(H2,25,27,28);1H. The molecule has 0 bridgehead atoms. The number of aromatic hydroxyl groups is 1. The molecule has 0 radical (unpaired) electrons. The number of phenols is 1. The van der Waals surface area contributed by atoms with Crippen LogP contribution < -0.4 is 16.0 Å². The van der Waals surface area contributed by atoms with Crippen molar-refractivity contribution in [2.45, 2.75) is 26.4 Å². The van der Waals surface area contributed by atoms with Crippen LogP contribution in [0.4, 0.5) is 0 Å². The van der Waals surface area contributed by atoms with Gasteiger partial charge in [-0.05, 0) is 48.7 Å². The Morgan fingerprint density at radius 2 is 1.82 bits per heavy atom. The number of rotatable bonds is 10. The van der Waals surface area contributed by atoms with Gasteiger partial charge in [-0.2, -0.15) is 5.10 Å². The molecule has 9 heteroatoms. The van der Waals surface area contributed by atoms with E-state index in [9.17, 15) is 9.90 Å². The third kappa shape index (κ3) is 8.76. The number of aromatic nitrogens is 2. The Kier molecular flexibility index (Phi) is 11.2. The van der Waals surface area contributed by atoms with Gasteiger partial charge in [0.15, 0.2) is 5.96 Å². The molecule has 3 aromatic rings. The average Bonchev–Trinajstić information content (AvgIpc) is 3.31. The highest BCUT2D eigenvalue weighted by Crippen LogP contribution is 2.12. The Morgan fingerprint density at radius 1 is 1.03 bits per heavy atom. The lowest BCUT2D eigenvalue weighted by Gasteiger charge is -2.13. The van der Waals surface area contributed by atoms with E-state index in [4.69, 9.17) is 4.99 Å². The largest absolute Gasteiger partial charge is 0.508 e. The Bertz CT molecular complexity index is 1020. The molecule has 3 rings (SSSR count). The highest BCUT2D eigenvalue weighted by Gasteiger charge is 2.06. The molecule has 8 nitrogen and oxygen atoms in total. The Morgan fingerprint density at radius 3 is 2.55 bits per heavy atom. The summed E-state index contributed by atoms with van der Waals surface area (Å²) in [4.78, 5) is 16.8. The van der Waals surface area contributed by atoms with Crippen LogP contribution in [0.1, 0.15) is 34.8 Å². The SMILES string of the molecule is CCNC(=NCc1ccccc1Cn1cccn1)NCCCNC(=O)c1cccc(O)c1.I. The summed E-state index contributed by atoms with van der Waals surface area (Å²) in [6.45, 7) is 5.24. The molecular formula is C24H31IN6O2. The molecule has 176 valence electrons. The molecule has 1 amide bonds. The number of carbonyl (C=O) groups is 1. The topological polar surface area (TPSA) is 104 Å². The molecule has 0 spiro atoms. The summed E-state index contributed by atoms with van der Waals surface area (Å²) in [7, 11) is 0. The van der Waals surface area contributed by atoms with Crippen LogP contribution in [0.3, 0.4) is 0 Å². The molecule has 0 unspecified atom stereocenters. The fourth-order valence-corrected chi connectivity index (χ4v) is 3.19. The van der Waals surface area contributed by atoms with Gasteiger partial charge >= 0.3 is 0 Å². The van der Waals surface area contributed by atoms with E-state index in [0.717, 1.165) is 24.5 Å². The number of halogens is 1. The zero-order valence-corrected chi connectivity index (χ0v) is 21.0. The van der Waals surface area contributed by atoms with Gasteiger partial charge in [0.25, 0.3) is 5.91 Å². The molecule has 0 atom stereocenters. The van der Waals surface area contributed by atoms with Crippen molar-refractivity contribution in [2.24, 2.45) is 4.99 Å². The van der Waals surface area contributed by atoms with Crippen molar-refractivity contribution < 1.29 is 9.90 Å². The number of aliphatic imine (C=N–C) groups is 1. The lowest BCUT2D eigenvalue weighted by atomic mass is 10.1. The predicted molar refractivity (Wildman–Crippen MR) is 141 cm³/mol. The molecule has 33 heavy (non-hydrogen) atoms. The Balaban J connectivity index is 0.00000385. The zero-order valence-electron chi connectivity index (χ0n) is 18.7. The average molecular weight is 562 g/mol. The van der Waals surface area contributed by atoms with Crippen LogP contribution in [-0.4, -0.2) is 46.4 Å². The molecule has 1 aromatic heterocycles. The van der Waals surface area contributed by atoms with Crippen molar-refractivity contribution >= 4 is 35.8 Å². The van der Waals surface area contributed by atoms with Gasteiger partial charge in [-0.15, -0.1) is 24.0 Å². The van der Waals surface area contributed by atoms with E-state index in [0.29, 0.717) is 31.7 Å². The number of hydrogen-bond acceptors (Lipinski definition) is 4. The number of benzene rings is 2. The van der Waals surface area contributed by atoms with E-state index < -0.39 is 0 Å². The summed E-state index contributed by atoms with van der Waals surface area (Å²) in [5.41, 5.74) is 2.78. The molecule has 0 aliphatic heterocycles. The molecule has 1 heterocycles. The third-order valence-electron chi connectivity index (χ3n) is 4.80. The number of guanidine groups is 1. The van der Waals surface area contributed by atoms with Crippen LogP contribution in [0.15, 0.2) is 72.0 Å². The molecule has 2 aromatic carbocycles. The first-order chi connectivity index (χ1) is 15.7. The van der Waals surface area contributed by atoms with Gasteiger partial charge < -0.3 is 21.1 Å². The van der Waals surface area contributed by atoms with Gasteiger partial charge in [0.1, 0.15) is 5.75 Å². The predicted octanol–water partition coefficient (Wildman–Crippen LogP) is 3.13. The Labute approximate surface area is 211 Å². The maximum Gasteiger partial charge on any atom is 0.251 e. The van der Waals surface area contributed by atoms with Gasteiger partial charge in [-0.3, -0.25) is 9.48 Å². The molecule has 0 saturated carbocycles. The van der Waals surface area contributed by atoms with Crippen LogP contribution in [-0.2, 0) is 13.1 Å². The molecule has 0 aliphatic carbocycles. The zero-order chi connectivity index (χ0) is 22.6. The molecule has 4 N–H and O–H groups in total. The molecule has 0 saturated heterocycles. The summed E-state index contributed by atoms with van der Waals surface area (Å²) >= 11 is 0. The number of nitrogens with one attached hydrogen (secondary N) is 3. The summed E-state index contributed by atoms with van der Waals surface area (Å²) in [6, 6.07) is 16.5. The third-order valence-corrected chi connectivity index (χ3v) is 4.80. The quantitative estimate of drug-likeness (QED) is 0.132. The minimum atomic E-state index is -0.199. The number of hydrogen-bond donors (Lipinski definition) is 4. The first-order valence-corrected chi connectivity index (χ1v) is 10.8. The van der Waals surface area contributed by atoms with E-state index in [-0.39, 0.29) is 35.6 Å². The lowest BCUT2D eigenvalue weighted by molar-refractivity contribution is 0.0953. The first kappa shape index (κ1) is 26.2. The monoisotopic (exact) mass is 562 g/mol. The number of amides is 1. The lowest BCUT2D eigenvalue weighted by Crippen LogP contribution is -2.38. The first-order valence-electron chi connectivity index (χ1n) is 10.8. The van der Waals surface area contributed by atoms with Crippen molar-refractivity contribution in [1.29, 1.82) is 0 Å². The highest BCUT2D eigenvalue weighted by atomic mass is 127. The minimum Gasteiger partial charge on any atom is -0.508 e. The maximum absolute atomic E-state index is 12.1. The highest BCUT2D eigenvalue weighted by molar-refractivity contribution is 14.0. The van der Waals surface area contributed by atoms with Crippen LogP contribution >= 0.6 is 24.0 Å². The van der Waals surface area contributed by atoms with Crippen LogP contribution in [0.5, 0.6) is 5.75 Å². The molecular weight excluding hydrogens is 531 g/mol. The summed E-state index contributed by atoms with van der Waals surface area (Å²) in [5.74, 6) is 0.618. The van der Waals surface area contributed by atoms with Gasteiger partial charge in [0.05, 0.1) is 13.1 Å². The van der Waals surface area contributed by atoms with Crippen molar-refractivity contribution in [3.63, 3.8) is 0 Å². The summed E-state index contributed by atoms with van der Waals surface area (Å²) in [5, 5.41) is 23.2. The van der Waals surface area contributed by atoms with E-state index in [2.05, 4.69) is 33.2 Å². The van der Waals surface area contributed by atoms with Gasteiger partial charge in [-0.25, -0.2) is 4.99 Å². The fraction of sp³-hybridized carbons (Fsp3) is 0.292. The van der Waals surface area contributed by atoms with Gasteiger partial charge in [-0.1, -0.05) is 30.3 Å². The van der Waals surface area contributed by atoms with E-state index in [1.165, 1.54) is 17.7 Å². The molecule has 0 fully saturated rings.